The average molecular weight is 662 g/mol. The summed E-state index contributed by atoms with van der Waals surface area (Å²) < 4.78 is 81.6. The Morgan fingerprint density at radius 2 is 1.74 bits per heavy atom. The number of alkyl halides is 3. The van der Waals surface area contributed by atoms with Crippen molar-refractivity contribution in [2.45, 2.75) is 74.3 Å². The lowest BCUT2D eigenvalue weighted by molar-refractivity contribution is -0.140. The lowest BCUT2D eigenvalue weighted by Gasteiger charge is -2.33. The van der Waals surface area contributed by atoms with Crippen molar-refractivity contribution in [1.29, 1.82) is 0 Å². The Morgan fingerprint density at radius 3 is 2.41 bits per heavy atom. The Balaban J connectivity index is 1.32. The summed E-state index contributed by atoms with van der Waals surface area (Å²) >= 11 is 0. The van der Waals surface area contributed by atoms with Gasteiger partial charge in [-0.2, -0.15) is 13.2 Å². The predicted molar refractivity (Wildman–Crippen MR) is 174 cm³/mol. The first-order valence-corrected chi connectivity index (χ1v) is 17.0. The Morgan fingerprint density at radius 1 is 1.00 bits per heavy atom. The molecule has 0 radical (unpaired) electrons. The molecule has 2 heterocycles. The molecule has 9 nitrogen and oxygen atoms in total. The molecule has 1 aliphatic heterocycles. The van der Waals surface area contributed by atoms with Crippen LogP contribution in [0, 0.1) is 11.8 Å². The van der Waals surface area contributed by atoms with Gasteiger partial charge in [0.25, 0.3) is 0 Å². The van der Waals surface area contributed by atoms with E-state index in [4.69, 9.17) is 9.47 Å². The van der Waals surface area contributed by atoms with Gasteiger partial charge in [-0.1, -0.05) is 12.0 Å². The fourth-order valence-corrected chi connectivity index (χ4v) is 7.50. The molecule has 1 saturated carbocycles. The second-order valence-corrected chi connectivity index (χ2v) is 13.8. The van der Waals surface area contributed by atoms with Crippen LogP contribution in [0.25, 0.3) is 10.9 Å². The van der Waals surface area contributed by atoms with Crippen LogP contribution < -0.4 is 20.1 Å². The van der Waals surface area contributed by atoms with Crippen LogP contribution in [-0.4, -0.2) is 83.2 Å². The van der Waals surface area contributed by atoms with Gasteiger partial charge in [-0.3, -0.25) is 0 Å². The van der Waals surface area contributed by atoms with Crippen molar-refractivity contribution >= 4 is 32.3 Å². The minimum atomic E-state index is -4.43. The highest BCUT2D eigenvalue weighted by molar-refractivity contribution is 7.89. The van der Waals surface area contributed by atoms with Gasteiger partial charge in [-0.25, -0.2) is 13.1 Å². The maximum absolute atomic E-state index is 13.7. The zero-order valence-electron chi connectivity index (χ0n) is 26.4. The highest BCUT2D eigenvalue weighted by Gasteiger charge is 2.30. The summed E-state index contributed by atoms with van der Waals surface area (Å²) in [5, 5.41) is 7.38. The molecule has 250 valence electrons. The third-order valence-electron chi connectivity index (χ3n) is 8.68. The van der Waals surface area contributed by atoms with Crippen molar-refractivity contribution in [1.82, 2.24) is 14.2 Å². The van der Waals surface area contributed by atoms with E-state index in [0.29, 0.717) is 54.4 Å². The third kappa shape index (κ3) is 8.47. The van der Waals surface area contributed by atoms with Crippen molar-refractivity contribution in [3.8, 4) is 17.6 Å². The van der Waals surface area contributed by atoms with E-state index >= 15 is 0 Å². The van der Waals surface area contributed by atoms with Crippen molar-refractivity contribution < 1.29 is 31.1 Å². The maximum Gasteiger partial charge on any atom is 0.406 e. The molecule has 1 saturated heterocycles. The number of rotatable bonds is 10. The zero-order chi connectivity index (χ0) is 32.9. The van der Waals surface area contributed by atoms with Gasteiger partial charge in [-0.05, 0) is 88.9 Å². The van der Waals surface area contributed by atoms with Gasteiger partial charge in [0.05, 0.1) is 35.4 Å². The summed E-state index contributed by atoms with van der Waals surface area (Å²) in [6.07, 6.45) is 0.891. The van der Waals surface area contributed by atoms with Crippen LogP contribution >= 0.6 is 0 Å². The van der Waals surface area contributed by atoms with Gasteiger partial charge >= 0.3 is 6.18 Å². The Bertz CT molecular complexity index is 1670. The van der Waals surface area contributed by atoms with Crippen molar-refractivity contribution in [2.24, 2.45) is 0 Å². The number of fused-ring (bicyclic) bond motifs is 1. The lowest BCUT2D eigenvalue weighted by Crippen LogP contribution is -2.38. The number of sulfonamides is 1. The molecular weight excluding hydrogens is 619 g/mol. The number of benzene rings is 2. The van der Waals surface area contributed by atoms with E-state index in [-0.39, 0.29) is 29.2 Å². The van der Waals surface area contributed by atoms with Crippen LogP contribution in [0.15, 0.2) is 47.4 Å². The molecule has 3 aromatic rings. The van der Waals surface area contributed by atoms with Crippen molar-refractivity contribution in [3.05, 3.63) is 48.2 Å². The van der Waals surface area contributed by atoms with E-state index in [0.717, 1.165) is 31.4 Å². The number of nitrogens with one attached hydrogen (secondary N) is 3. The molecular formula is C33H42F3N5O4S. The van der Waals surface area contributed by atoms with Crippen LogP contribution in [0.1, 0.15) is 44.2 Å². The topological polar surface area (TPSA) is 96.9 Å². The van der Waals surface area contributed by atoms with Crippen LogP contribution in [0.3, 0.4) is 0 Å². The summed E-state index contributed by atoms with van der Waals surface area (Å²) in [6, 6.07) is 12.2. The molecule has 0 spiro atoms. The highest BCUT2D eigenvalue weighted by Crippen LogP contribution is 2.33. The quantitative estimate of drug-likeness (QED) is 0.250. The van der Waals surface area contributed by atoms with Crippen LogP contribution in [0.2, 0.25) is 0 Å². The van der Waals surface area contributed by atoms with E-state index in [2.05, 4.69) is 46.2 Å². The van der Waals surface area contributed by atoms with Crippen molar-refractivity contribution in [2.75, 3.05) is 51.6 Å². The molecule has 2 fully saturated rings. The second-order valence-electron chi connectivity index (χ2n) is 12.1. The van der Waals surface area contributed by atoms with E-state index in [1.807, 2.05) is 6.07 Å². The van der Waals surface area contributed by atoms with Crippen LogP contribution in [0.5, 0.6) is 5.75 Å². The number of ether oxygens (including phenoxy) is 2. The largest absolute Gasteiger partial charge is 0.495 e. The second kappa shape index (κ2) is 14.5. The molecule has 2 aromatic carbocycles. The molecule has 5 rings (SSSR count). The molecule has 1 aromatic heterocycles. The number of anilines is 2. The smallest absolute Gasteiger partial charge is 0.406 e. The predicted octanol–water partition coefficient (Wildman–Crippen LogP) is 5.42. The van der Waals surface area contributed by atoms with E-state index in [1.165, 1.54) is 23.8 Å². The molecule has 0 atom stereocenters. The number of nitrogens with zero attached hydrogens (tertiary/aromatic N) is 2. The average Bonchev–Trinajstić information content (AvgIpc) is 3.36. The van der Waals surface area contributed by atoms with Gasteiger partial charge in [0.2, 0.25) is 10.0 Å². The van der Waals surface area contributed by atoms with Crippen molar-refractivity contribution in [3.63, 3.8) is 0 Å². The van der Waals surface area contributed by atoms with Crippen LogP contribution in [0.4, 0.5) is 24.5 Å². The fourth-order valence-electron chi connectivity index (χ4n) is 6.18. The van der Waals surface area contributed by atoms with E-state index < -0.39 is 22.7 Å². The summed E-state index contributed by atoms with van der Waals surface area (Å²) in [7, 11) is 1.85. The summed E-state index contributed by atoms with van der Waals surface area (Å²) in [6.45, 7) is -0.0470. The maximum atomic E-state index is 13.7. The molecule has 2 aliphatic rings. The Kier molecular flexibility index (Phi) is 10.7. The number of halogens is 3. The standard InChI is InChI=1S/C33H42F3N5O4S/c1-40(2)25-11-9-23(10-12-25)38-29-7-4-8-31-28(29)20-26(41(31)22-33(34,35)36)6-5-17-37-30-14-13-27(21-32(30)44-3)46(42,43)39-24-15-18-45-19-16-24/h4,7-8,13-14,20-21,23-25,37-39H,9-12,15-19,22H2,1-3H3/t23-,25-. The summed E-state index contributed by atoms with van der Waals surface area (Å²) in [5.41, 5.74) is 2.04. The minimum absolute atomic E-state index is 0.0688. The Hall–Kier alpha value is -3.44. The molecule has 13 heteroatoms. The van der Waals surface area contributed by atoms with Gasteiger partial charge in [0.15, 0.2) is 0 Å². The van der Waals surface area contributed by atoms with E-state index in [9.17, 15) is 21.6 Å². The number of aromatic nitrogens is 1. The molecule has 0 amide bonds. The van der Waals surface area contributed by atoms with Gasteiger partial charge in [0, 0.05) is 48.5 Å². The molecule has 3 N–H and O–H groups in total. The van der Waals surface area contributed by atoms with Crippen LogP contribution in [-0.2, 0) is 21.3 Å². The third-order valence-corrected chi connectivity index (χ3v) is 10.2. The first-order valence-electron chi connectivity index (χ1n) is 15.6. The van der Waals surface area contributed by atoms with Gasteiger partial charge in [-0.15, -0.1) is 0 Å². The van der Waals surface area contributed by atoms with Gasteiger partial charge in [0.1, 0.15) is 12.3 Å². The lowest BCUT2D eigenvalue weighted by atomic mass is 9.90. The zero-order valence-corrected chi connectivity index (χ0v) is 27.2. The van der Waals surface area contributed by atoms with E-state index in [1.54, 1.807) is 24.3 Å². The molecule has 0 unspecified atom stereocenters. The number of hydrogen-bond donors (Lipinski definition) is 3. The SMILES string of the molecule is COc1cc(S(=O)(=O)NC2CCOCC2)ccc1NCC#Cc1cc2c(N[C@H]3CC[C@H](N(C)C)CC3)cccc2n1CC(F)(F)F. The minimum Gasteiger partial charge on any atom is -0.495 e. The number of methoxy groups -OCH3 is 1. The summed E-state index contributed by atoms with van der Waals surface area (Å²) in [4.78, 5) is 2.32. The molecule has 46 heavy (non-hydrogen) atoms. The monoisotopic (exact) mass is 661 g/mol. The number of hydrogen-bond acceptors (Lipinski definition) is 7. The Labute approximate surface area is 268 Å². The fraction of sp³-hybridized carbons (Fsp3) is 0.515. The summed E-state index contributed by atoms with van der Waals surface area (Å²) in [5.74, 6) is 6.16. The van der Waals surface area contributed by atoms with Gasteiger partial charge < -0.3 is 29.6 Å². The molecule has 0 bridgehead atoms. The highest BCUT2D eigenvalue weighted by atomic mass is 32.2. The normalized spacial score (nSPS) is 19.5. The first-order chi connectivity index (χ1) is 21.9. The first kappa shape index (κ1) is 33.9. The molecule has 1 aliphatic carbocycles.